The number of hydrogen-bond acceptors (Lipinski definition) is 3. The number of amides is 1. The number of carbonyl (C=O) groups excluding carboxylic acids is 1. The molecule has 0 rings (SSSR count). The van der Waals surface area contributed by atoms with Crippen molar-refractivity contribution in [3.63, 3.8) is 0 Å². The summed E-state index contributed by atoms with van der Waals surface area (Å²) in [6.45, 7) is 5.14. The van der Waals surface area contributed by atoms with E-state index in [1.54, 1.807) is 0 Å². The Balaban J connectivity index is 3.56. The van der Waals surface area contributed by atoms with Crippen LogP contribution in [-0.4, -0.2) is 32.1 Å². The van der Waals surface area contributed by atoms with E-state index in [2.05, 4.69) is 17.6 Å². The molecule has 4 N–H and O–H groups in total. The molecule has 0 heterocycles. The summed E-state index contributed by atoms with van der Waals surface area (Å²) >= 11 is 0. The molecule has 0 aliphatic heterocycles. The van der Waals surface area contributed by atoms with Crippen molar-refractivity contribution in [3.05, 3.63) is 0 Å². The molecule has 0 aliphatic carbocycles. The van der Waals surface area contributed by atoms with Crippen molar-refractivity contribution in [2.75, 3.05) is 20.1 Å². The zero-order valence-electron chi connectivity index (χ0n) is 8.76. The standard InChI is InChI=1S/C9H21N3O/c1-7(4-5-11-3)9(10)6-12-8(2)13/h7,9,11H,4-6,10H2,1-3H3,(H,12,13)/t7?,9-/m0/s1. The van der Waals surface area contributed by atoms with Crippen LogP contribution >= 0.6 is 0 Å². The average molecular weight is 187 g/mol. The number of rotatable bonds is 6. The lowest BCUT2D eigenvalue weighted by molar-refractivity contribution is -0.119. The molecule has 0 saturated heterocycles. The molecule has 1 unspecified atom stereocenters. The lowest BCUT2D eigenvalue weighted by atomic mass is 9.99. The fraction of sp³-hybridized carbons (Fsp3) is 0.889. The van der Waals surface area contributed by atoms with Gasteiger partial charge in [-0.15, -0.1) is 0 Å². The zero-order valence-corrected chi connectivity index (χ0v) is 8.76. The summed E-state index contributed by atoms with van der Waals surface area (Å²) in [4.78, 5) is 10.6. The second-order valence-corrected chi connectivity index (χ2v) is 3.47. The maximum Gasteiger partial charge on any atom is 0.216 e. The van der Waals surface area contributed by atoms with Crippen molar-refractivity contribution in [1.29, 1.82) is 0 Å². The molecule has 0 saturated carbocycles. The minimum Gasteiger partial charge on any atom is -0.355 e. The maximum atomic E-state index is 10.6. The van der Waals surface area contributed by atoms with Gasteiger partial charge in [-0.05, 0) is 25.9 Å². The molecule has 0 bridgehead atoms. The van der Waals surface area contributed by atoms with E-state index in [4.69, 9.17) is 5.73 Å². The third kappa shape index (κ3) is 6.54. The van der Waals surface area contributed by atoms with Crippen molar-refractivity contribution in [3.8, 4) is 0 Å². The number of nitrogens with one attached hydrogen (secondary N) is 2. The first-order chi connectivity index (χ1) is 6.07. The molecule has 13 heavy (non-hydrogen) atoms. The van der Waals surface area contributed by atoms with Gasteiger partial charge in [-0.25, -0.2) is 0 Å². The summed E-state index contributed by atoms with van der Waals surface area (Å²) in [5.74, 6) is 0.413. The highest BCUT2D eigenvalue weighted by atomic mass is 16.1. The second-order valence-electron chi connectivity index (χ2n) is 3.47. The number of nitrogens with two attached hydrogens (primary N) is 1. The predicted molar refractivity (Wildman–Crippen MR) is 54.4 cm³/mol. The maximum absolute atomic E-state index is 10.6. The lowest BCUT2D eigenvalue weighted by Crippen LogP contribution is -2.41. The highest BCUT2D eigenvalue weighted by Crippen LogP contribution is 2.03. The first-order valence-electron chi connectivity index (χ1n) is 4.72. The van der Waals surface area contributed by atoms with Crippen molar-refractivity contribution in [2.24, 2.45) is 11.7 Å². The van der Waals surface area contributed by atoms with Gasteiger partial charge in [0, 0.05) is 19.5 Å². The van der Waals surface area contributed by atoms with Gasteiger partial charge in [-0.1, -0.05) is 6.92 Å². The van der Waals surface area contributed by atoms with Gasteiger partial charge in [0.15, 0.2) is 0 Å². The Labute approximate surface area is 80.3 Å². The Bertz CT molecular complexity index is 150. The van der Waals surface area contributed by atoms with E-state index in [1.807, 2.05) is 7.05 Å². The molecule has 0 aromatic carbocycles. The van der Waals surface area contributed by atoms with Crippen LogP contribution in [0.25, 0.3) is 0 Å². The van der Waals surface area contributed by atoms with Gasteiger partial charge in [0.2, 0.25) is 5.91 Å². The van der Waals surface area contributed by atoms with Crippen molar-refractivity contribution < 1.29 is 4.79 Å². The Kier molecular flexibility index (Phi) is 6.54. The molecule has 0 aromatic heterocycles. The Morgan fingerprint density at radius 1 is 1.54 bits per heavy atom. The van der Waals surface area contributed by atoms with Crippen LogP contribution in [0.4, 0.5) is 0 Å². The van der Waals surface area contributed by atoms with E-state index in [9.17, 15) is 4.79 Å². The largest absolute Gasteiger partial charge is 0.355 e. The van der Waals surface area contributed by atoms with Crippen LogP contribution in [0.5, 0.6) is 0 Å². The van der Waals surface area contributed by atoms with Gasteiger partial charge in [0.25, 0.3) is 0 Å². The van der Waals surface area contributed by atoms with Crippen LogP contribution in [0.15, 0.2) is 0 Å². The minimum atomic E-state index is -0.0173. The van der Waals surface area contributed by atoms with E-state index >= 15 is 0 Å². The van der Waals surface area contributed by atoms with E-state index in [0.717, 1.165) is 13.0 Å². The highest BCUT2D eigenvalue weighted by Gasteiger charge is 2.11. The number of carbonyl (C=O) groups is 1. The molecule has 0 aromatic rings. The Morgan fingerprint density at radius 2 is 2.15 bits per heavy atom. The fourth-order valence-electron chi connectivity index (χ4n) is 1.05. The van der Waals surface area contributed by atoms with Gasteiger partial charge in [-0.3, -0.25) is 4.79 Å². The van der Waals surface area contributed by atoms with E-state index in [0.29, 0.717) is 12.5 Å². The smallest absolute Gasteiger partial charge is 0.216 e. The number of hydrogen-bond donors (Lipinski definition) is 3. The summed E-state index contributed by atoms with van der Waals surface area (Å²) in [5, 5.41) is 5.79. The molecule has 78 valence electrons. The molecular weight excluding hydrogens is 166 g/mol. The quantitative estimate of drug-likeness (QED) is 0.534. The van der Waals surface area contributed by atoms with Crippen LogP contribution in [0.3, 0.4) is 0 Å². The lowest BCUT2D eigenvalue weighted by Gasteiger charge is -2.19. The van der Waals surface area contributed by atoms with Crippen molar-refractivity contribution >= 4 is 5.91 Å². The monoisotopic (exact) mass is 187 g/mol. The molecule has 4 heteroatoms. The summed E-state index contributed by atoms with van der Waals surface area (Å²) < 4.78 is 0. The highest BCUT2D eigenvalue weighted by molar-refractivity contribution is 5.72. The third-order valence-corrected chi connectivity index (χ3v) is 2.17. The SMILES string of the molecule is CNCCC(C)[C@@H](N)CNC(C)=O. The van der Waals surface area contributed by atoms with Crippen LogP contribution in [0.2, 0.25) is 0 Å². The van der Waals surface area contributed by atoms with E-state index in [1.165, 1.54) is 6.92 Å². The van der Waals surface area contributed by atoms with Gasteiger partial charge < -0.3 is 16.4 Å². The molecule has 0 aliphatic rings. The van der Waals surface area contributed by atoms with Gasteiger partial charge in [0.1, 0.15) is 0 Å². The molecule has 0 fully saturated rings. The zero-order chi connectivity index (χ0) is 10.3. The Morgan fingerprint density at radius 3 is 2.62 bits per heavy atom. The van der Waals surface area contributed by atoms with Crippen molar-refractivity contribution in [2.45, 2.75) is 26.3 Å². The first-order valence-corrected chi connectivity index (χ1v) is 4.72. The normalized spacial score (nSPS) is 15.1. The van der Waals surface area contributed by atoms with Crippen molar-refractivity contribution in [1.82, 2.24) is 10.6 Å². The molecule has 0 spiro atoms. The summed E-state index contributed by atoms with van der Waals surface area (Å²) in [6.07, 6.45) is 1.04. The van der Waals surface area contributed by atoms with Crippen LogP contribution in [0.1, 0.15) is 20.3 Å². The van der Waals surface area contributed by atoms with Crippen LogP contribution in [0, 0.1) is 5.92 Å². The fourth-order valence-corrected chi connectivity index (χ4v) is 1.05. The minimum absolute atomic E-state index is 0.0173. The first kappa shape index (κ1) is 12.4. The summed E-state index contributed by atoms with van der Waals surface area (Å²) in [7, 11) is 1.92. The average Bonchev–Trinajstić information content (AvgIpc) is 2.10. The van der Waals surface area contributed by atoms with Gasteiger partial charge in [-0.2, -0.15) is 0 Å². The van der Waals surface area contributed by atoms with Gasteiger partial charge >= 0.3 is 0 Å². The van der Waals surface area contributed by atoms with E-state index in [-0.39, 0.29) is 11.9 Å². The summed E-state index contributed by atoms with van der Waals surface area (Å²) in [6, 6.07) is 0.0530. The Hall–Kier alpha value is -0.610. The third-order valence-electron chi connectivity index (χ3n) is 2.17. The second kappa shape index (κ2) is 6.86. The molecule has 2 atom stereocenters. The van der Waals surface area contributed by atoms with Crippen LogP contribution < -0.4 is 16.4 Å². The predicted octanol–water partition coefficient (Wildman–Crippen LogP) is -0.305. The summed E-state index contributed by atoms with van der Waals surface area (Å²) in [5.41, 5.74) is 5.86. The molecule has 0 radical (unpaired) electrons. The molecule has 1 amide bonds. The molecular formula is C9H21N3O. The molecule has 4 nitrogen and oxygen atoms in total. The van der Waals surface area contributed by atoms with Crippen LogP contribution in [-0.2, 0) is 4.79 Å². The van der Waals surface area contributed by atoms with E-state index < -0.39 is 0 Å². The topological polar surface area (TPSA) is 67.2 Å². The van der Waals surface area contributed by atoms with Gasteiger partial charge in [0.05, 0.1) is 0 Å².